The van der Waals surface area contributed by atoms with E-state index in [9.17, 15) is 8.78 Å². The van der Waals surface area contributed by atoms with Gasteiger partial charge in [0.05, 0.1) is 0 Å². The smallest absolute Gasteiger partial charge is 0.387 e. The summed E-state index contributed by atoms with van der Waals surface area (Å²) in [6.45, 7) is 16.0. The first-order valence-electron chi connectivity index (χ1n) is 8.85. The van der Waals surface area contributed by atoms with Crippen LogP contribution in [0.15, 0.2) is 47.3 Å². The molecule has 1 aliphatic rings. The van der Waals surface area contributed by atoms with E-state index in [1.807, 2.05) is 6.92 Å². The quantitative estimate of drug-likeness (QED) is 0.410. The molecular formula is C21H32F2O. The van der Waals surface area contributed by atoms with Crippen molar-refractivity contribution in [3.05, 3.63) is 47.3 Å². The largest absolute Gasteiger partial charge is 0.435 e. The van der Waals surface area contributed by atoms with Gasteiger partial charge in [0.1, 0.15) is 5.76 Å². The number of ether oxygens (including phenoxy) is 1. The Bertz CT molecular complexity index is 526. The average Bonchev–Trinajstić information content (AvgIpc) is 2.45. The van der Waals surface area contributed by atoms with Crippen molar-refractivity contribution in [3.8, 4) is 0 Å². The monoisotopic (exact) mass is 338 g/mol. The Kier molecular flexibility index (Phi) is 7.92. The fourth-order valence-electron chi connectivity index (χ4n) is 3.32. The van der Waals surface area contributed by atoms with Crippen LogP contribution >= 0.6 is 0 Å². The number of allylic oxidation sites excluding steroid dienone is 5. The molecule has 1 rings (SSSR count). The van der Waals surface area contributed by atoms with Crippen LogP contribution in [0.2, 0.25) is 0 Å². The van der Waals surface area contributed by atoms with Gasteiger partial charge in [-0.15, -0.1) is 0 Å². The van der Waals surface area contributed by atoms with Crippen LogP contribution in [0.5, 0.6) is 0 Å². The van der Waals surface area contributed by atoms with Crippen LogP contribution in [-0.4, -0.2) is 6.61 Å². The predicted molar refractivity (Wildman–Crippen MR) is 97.8 cm³/mol. The van der Waals surface area contributed by atoms with Gasteiger partial charge in [-0.25, -0.2) is 0 Å². The Labute approximate surface area is 146 Å². The SMILES string of the molecule is C=C(CC(C)C)C1=C(C(C)CC(C)C(=C)C)C(OC(F)F)=CCC1. The van der Waals surface area contributed by atoms with E-state index in [1.165, 1.54) is 0 Å². The summed E-state index contributed by atoms with van der Waals surface area (Å²) in [6.07, 6.45) is 5.12. The molecule has 0 aromatic rings. The molecule has 0 aromatic heterocycles. The van der Waals surface area contributed by atoms with Crippen molar-refractivity contribution in [1.29, 1.82) is 0 Å². The fraction of sp³-hybridized carbons (Fsp3) is 0.619. The van der Waals surface area contributed by atoms with Crippen LogP contribution in [0, 0.1) is 17.8 Å². The molecule has 0 aliphatic heterocycles. The summed E-state index contributed by atoms with van der Waals surface area (Å²) in [5.74, 6) is 1.29. The first-order chi connectivity index (χ1) is 11.1. The molecule has 2 atom stereocenters. The van der Waals surface area contributed by atoms with Crippen molar-refractivity contribution in [1.82, 2.24) is 0 Å². The van der Waals surface area contributed by atoms with E-state index in [4.69, 9.17) is 4.74 Å². The lowest BCUT2D eigenvalue weighted by Crippen LogP contribution is -2.17. The van der Waals surface area contributed by atoms with E-state index in [1.54, 1.807) is 6.08 Å². The maximum atomic E-state index is 12.9. The molecule has 0 radical (unpaired) electrons. The molecule has 2 unspecified atom stereocenters. The topological polar surface area (TPSA) is 9.23 Å². The van der Waals surface area contributed by atoms with Crippen LogP contribution < -0.4 is 0 Å². The van der Waals surface area contributed by atoms with Gasteiger partial charge < -0.3 is 4.74 Å². The van der Waals surface area contributed by atoms with Crippen LogP contribution in [0.4, 0.5) is 8.78 Å². The van der Waals surface area contributed by atoms with E-state index in [2.05, 4.69) is 40.9 Å². The molecule has 24 heavy (non-hydrogen) atoms. The second-order valence-electron chi connectivity index (χ2n) is 7.46. The number of hydrogen-bond donors (Lipinski definition) is 0. The molecule has 136 valence electrons. The van der Waals surface area contributed by atoms with E-state index < -0.39 is 6.61 Å². The van der Waals surface area contributed by atoms with Gasteiger partial charge in [-0.3, -0.25) is 0 Å². The molecule has 3 heteroatoms. The van der Waals surface area contributed by atoms with Gasteiger partial charge in [-0.2, -0.15) is 8.78 Å². The summed E-state index contributed by atoms with van der Waals surface area (Å²) in [5.41, 5.74) is 4.20. The van der Waals surface area contributed by atoms with Gasteiger partial charge in [-0.1, -0.05) is 52.0 Å². The molecule has 1 nitrogen and oxygen atoms in total. The lowest BCUT2D eigenvalue weighted by atomic mass is 9.79. The standard InChI is InChI=1S/C21H32F2O/c1-13(2)11-16(6)18-9-8-10-19(24-21(22)23)20(18)17(7)12-15(5)14(3)4/h10,13,15,17,21H,3,6,8-9,11-12H2,1-2,4-5,7H3. The van der Waals surface area contributed by atoms with Crippen LogP contribution in [0.3, 0.4) is 0 Å². The van der Waals surface area contributed by atoms with Crippen LogP contribution in [0.25, 0.3) is 0 Å². The number of alkyl halides is 2. The van der Waals surface area contributed by atoms with E-state index in [0.29, 0.717) is 17.6 Å². The van der Waals surface area contributed by atoms with Gasteiger partial charge in [0.25, 0.3) is 0 Å². The van der Waals surface area contributed by atoms with E-state index >= 15 is 0 Å². The highest BCUT2D eigenvalue weighted by Gasteiger charge is 2.27. The summed E-state index contributed by atoms with van der Waals surface area (Å²) in [5, 5.41) is 0. The molecule has 1 aliphatic carbocycles. The first kappa shape index (κ1) is 20.7. The summed E-state index contributed by atoms with van der Waals surface area (Å²) < 4.78 is 30.6. The summed E-state index contributed by atoms with van der Waals surface area (Å²) in [4.78, 5) is 0. The Hall–Kier alpha value is -1.38. The molecule has 0 saturated heterocycles. The van der Waals surface area contributed by atoms with Gasteiger partial charge in [0.15, 0.2) is 0 Å². The lowest BCUT2D eigenvalue weighted by Gasteiger charge is -2.29. The highest BCUT2D eigenvalue weighted by atomic mass is 19.3. The minimum atomic E-state index is -2.80. The fourth-order valence-corrected chi connectivity index (χ4v) is 3.32. The Morgan fingerprint density at radius 1 is 1.21 bits per heavy atom. The van der Waals surface area contributed by atoms with Crippen molar-refractivity contribution < 1.29 is 13.5 Å². The molecule has 0 aromatic carbocycles. The zero-order chi connectivity index (χ0) is 18.4. The minimum Gasteiger partial charge on any atom is -0.435 e. The maximum Gasteiger partial charge on any atom is 0.387 e. The minimum absolute atomic E-state index is 0.126. The molecule has 0 amide bonds. The Morgan fingerprint density at radius 3 is 2.33 bits per heavy atom. The second-order valence-corrected chi connectivity index (χ2v) is 7.46. The third-order valence-corrected chi connectivity index (χ3v) is 4.65. The zero-order valence-corrected chi connectivity index (χ0v) is 15.8. The highest BCUT2D eigenvalue weighted by molar-refractivity contribution is 5.45. The van der Waals surface area contributed by atoms with Gasteiger partial charge in [-0.05, 0) is 62.0 Å². The maximum absolute atomic E-state index is 12.9. The molecule has 0 saturated carbocycles. The lowest BCUT2D eigenvalue weighted by molar-refractivity contribution is -0.0948. The second kappa shape index (κ2) is 9.19. The normalized spacial score (nSPS) is 17.8. The van der Waals surface area contributed by atoms with E-state index in [0.717, 1.165) is 48.0 Å². The van der Waals surface area contributed by atoms with Crippen molar-refractivity contribution in [2.24, 2.45) is 17.8 Å². The predicted octanol–water partition coefficient (Wildman–Crippen LogP) is 7.04. The van der Waals surface area contributed by atoms with Gasteiger partial charge >= 0.3 is 6.61 Å². The van der Waals surface area contributed by atoms with Crippen molar-refractivity contribution >= 4 is 0 Å². The molecule has 0 heterocycles. The summed E-state index contributed by atoms with van der Waals surface area (Å²) in [6, 6.07) is 0. The zero-order valence-electron chi connectivity index (χ0n) is 15.8. The van der Waals surface area contributed by atoms with Gasteiger partial charge in [0.2, 0.25) is 0 Å². The third-order valence-electron chi connectivity index (χ3n) is 4.65. The number of halogens is 2. The number of rotatable bonds is 9. The summed E-state index contributed by atoms with van der Waals surface area (Å²) >= 11 is 0. The van der Waals surface area contributed by atoms with Crippen LogP contribution in [-0.2, 0) is 4.74 Å². The Morgan fingerprint density at radius 2 is 1.83 bits per heavy atom. The van der Waals surface area contributed by atoms with Crippen LogP contribution in [0.1, 0.15) is 60.3 Å². The summed E-state index contributed by atoms with van der Waals surface area (Å²) in [7, 11) is 0. The van der Waals surface area contributed by atoms with Crippen molar-refractivity contribution in [2.75, 3.05) is 0 Å². The van der Waals surface area contributed by atoms with Crippen molar-refractivity contribution in [2.45, 2.75) is 66.9 Å². The molecular weight excluding hydrogens is 306 g/mol. The average molecular weight is 338 g/mol. The molecule has 0 fully saturated rings. The molecule has 0 spiro atoms. The Balaban J connectivity index is 3.19. The molecule has 0 N–H and O–H groups in total. The highest BCUT2D eigenvalue weighted by Crippen LogP contribution is 2.39. The first-order valence-corrected chi connectivity index (χ1v) is 8.85. The van der Waals surface area contributed by atoms with Crippen molar-refractivity contribution in [3.63, 3.8) is 0 Å². The third kappa shape index (κ3) is 5.92. The number of hydrogen-bond acceptors (Lipinski definition) is 1. The van der Waals surface area contributed by atoms with Gasteiger partial charge in [0, 0.05) is 5.57 Å². The van der Waals surface area contributed by atoms with E-state index in [-0.39, 0.29) is 5.92 Å². The molecule has 0 bridgehead atoms.